The summed E-state index contributed by atoms with van der Waals surface area (Å²) in [7, 11) is 1.58. The first-order chi connectivity index (χ1) is 16.7. The quantitative estimate of drug-likeness (QED) is 0.439. The molecule has 0 spiro atoms. The normalized spacial score (nSPS) is 12.0. The largest absolute Gasteiger partial charge is 0.493 e. The minimum Gasteiger partial charge on any atom is -0.493 e. The van der Waals surface area contributed by atoms with Crippen molar-refractivity contribution >= 4 is 11.6 Å². The molecule has 34 heavy (non-hydrogen) atoms. The second-order valence-electron chi connectivity index (χ2n) is 7.36. The number of hydrogen-bond donors (Lipinski definition) is 1. The third-order valence-electron chi connectivity index (χ3n) is 5.10. The Hall–Kier alpha value is -4.59. The maximum absolute atomic E-state index is 12.9. The van der Waals surface area contributed by atoms with Crippen molar-refractivity contribution in [1.82, 2.24) is 9.97 Å². The summed E-state index contributed by atoms with van der Waals surface area (Å²) < 4.78 is 22.3. The number of hydrogen-bond acceptors (Lipinski definition) is 7. The summed E-state index contributed by atoms with van der Waals surface area (Å²) in [5, 5.41) is 2.89. The van der Waals surface area contributed by atoms with E-state index in [4.69, 9.17) is 18.9 Å². The number of fused-ring (bicyclic) bond motifs is 1. The van der Waals surface area contributed by atoms with Gasteiger partial charge in [0.05, 0.1) is 7.11 Å². The van der Waals surface area contributed by atoms with Crippen LogP contribution in [0, 0.1) is 0 Å². The molecule has 1 aromatic heterocycles. The number of carbonyl (C=O) groups excluding carboxylic acids is 1. The second kappa shape index (κ2) is 9.50. The molecule has 2 heterocycles. The summed E-state index contributed by atoms with van der Waals surface area (Å²) in [6, 6.07) is 21.4. The van der Waals surface area contributed by atoms with Crippen LogP contribution in [0.4, 0.5) is 5.69 Å². The van der Waals surface area contributed by atoms with Crippen molar-refractivity contribution in [2.45, 2.75) is 0 Å². The Bertz CT molecular complexity index is 1340. The smallest absolute Gasteiger partial charge is 0.255 e. The number of nitrogens with one attached hydrogen (secondary N) is 1. The van der Waals surface area contributed by atoms with Crippen molar-refractivity contribution in [3.8, 4) is 40.3 Å². The molecule has 0 bridgehead atoms. The van der Waals surface area contributed by atoms with E-state index in [0.29, 0.717) is 64.7 Å². The van der Waals surface area contributed by atoms with Crippen LogP contribution in [0.15, 0.2) is 79.0 Å². The number of nitrogens with zero attached hydrogens (tertiary/aromatic N) is 2. The molecule has 0 aliphatic carbocycles. The molecule has 1 aliphatic heterocycles. The molecule has 8 nitrogen and oxygen atoms in total. The van der Waals surface area contributed by atoms with Gasteiger partial charge in [-0.25, -0.2) is 4.98 Å². The second-order valence-corrected chi connectivity index (χ2v) is 7.36. The number of methoxy groups -OCH3 is 1. The van der Waals surface area contributed by atoms with Gasteiger partial charge in [-0.3, -0.25) is 4.79 Å². The SMILES string of the molecule is COc1ccccc1Oc1ccnc(-c2cccc(C(=O)Nc3ccc4c(c3)OCCO4)c2)n1. The van der Waals surface area contributed by atoms with E-state index in [-0.39, 0.29) is 5.91 Å². The first-order valence-electron chi connectivity index (χ1n) is 10.6. The molecule has 0 fully saturated rings. The summed E-state index contributed by atoms with van der Waals surface area (Å²) in [5.41, 5.74) is 1.76. The van der Waals surface area contributed by atoms with E-state index in [2.05, 4.69) is 15.3 Å². The fourth-order valence-corrected chi connectivity index (χ4v) is 3.48. The molecule has 170 valence electrons. The lowest BCUT2D eigenvalue weighted by Crippen LogP contribution is -2.16. The van der Waals surface area contributed by atoms with E-state index >= 15 is 0 Å². The van der Waals surface area contributed by atoms with Gasteiger partial charge >= 0.3 is 0 Å². The molecular weight excluding hydrogens is 434 g/mol. The Morgan fingerprint density at radius 2 is 1.74 bits per heavy atom. The Morgan fingerprint density at radius 1 is 0.912 bits per heavy atom. The van der Waals surface area contributed by atoms with Crippen molar-refractivity contribution in [1.29, 1.82) is 0 Å². The van der Waals surface area contributed by atoms with E-state index in [1.807, 2.05) is 18.2 Å². The summed E-state index contributed by atoms with van der Waals surface area (Å²) in [4.78, 5) is 21.7. The third-order valence-corrected chi connectivity index (χ3v) is 5.10. The summed E-state index contributed by atoms with van der Waals surface area (Å²) >= 11 is 0. The molecule has 3 aromatic carbocycles. The predicted octanol–water partition coefficient (Wildman–Crippen LogP) is 4.97. The minimum atomic E-state index is -0.264. The first-order valence-corrected chi connectivity index (χ1v) is 10.6. The molecule has 0 saturated heterocycles. The summed E-state index contributed by atoms with van der Waals surface area (Å²) in [6.07, 6.45) is 1.61. The number of carbonyl (C=O) groups is 1. The molecule has 4 aromatic rings. The molecule has 1 aliphatic rings. The van der Waals surface area contributed by atoms with Crippen LogP contribution < -0.4 is 24.3 Å². The number of rotatable bonds is 6. The van der Waals surface area contributed by atoms with Gasteiger partial charge in [-0.15, -0.1) is 0 Å². The van der Waals surface area contributed by atoms with Gasteiger partial charge in [0.2, 0.25) is 5.88 Å². The maximum Gasteiger partial charge on any atom is 0.255 e. The molecule has 0 saturated carbocycles. The molecule has 1 amide bonds. The van der Waals surface area contributed by atoms with Gasteiger partial charge in [0.1, 0.15) is 13.2 Å². The minimum absolute atomic E-state index is 0.264. The van der Waals surface area contributed by atoms with Gasteiger partial charge in [0.25, 0.3) is 5.91 Å². The van der Waals surface area contributed by atoms with Gasteiger partial charge in [0.15, 0.2) is 28.8 Å². The van der Waals surface area contributed by atoms with Gasteiger partial charge in [-0.05, 0) is 36.4 Å². The van der Waals surface area contributed by atoms with Crippen LogP contribution in [-0.2, 0) is 0 Å². The van der Waals surface area contributed by atoms with Gasteiger partial charge in [-0.1, -0.05) is 24.3 Å². The fraction of sp³-hybridized carbons (Fsp3) is 0.115. The molecule has 5 rings (SSSR count). The van der Waals surface area contributed by atoms with Crippen LogP contribution >= 0.6 is 0 Å². The third kappa shape index (κ3) is 4.61. The number of para-hydroxylation sites is 2. The monoisotopic (exact) mass is 455 g/mol. The molecule has 0 atom stereocenters. The average molecular weight is 455 g/mol. The number of ether oxygens (including phenoxy) is 4. The van der Waals surface area contributed by atoms with Crippen LogP contribution in [0.5, 0.6) is 28.9 Å². The van der Waals surface area contributed by atoms with Crippen LogP contribution in [0.3, 0.4) is 0 Å². The van der Waals surface area contributed by atoms with E-state index in [0.717, 1.165) is 0 Å². The van der Waals surface area contributed by atoms with Crippen LogP contribution in [-0.4, -0.2) is 36.2 Å². The van der Waals surface area contributed by atoms with E-state index in [9.17, 15) is 4.79 Å². The van der Waals surface area contributed by atoms with Crippen molar-refractivity contribution in [3.63, 3.8) is 0 Å². The van der Waals surface area contributed by atoms with Crippen LogP contribution in [0.2, 0.25) is 0 Å². The zero-order valence-corrected chi connectivity index (χ0v) is 18.4. The lowest BCUT2D eigenvalue weighted by molar-refractivity contribution is 0.102. The average Bonchev–Trinajstić information content (AvgIpc) is 2.89. The number of benzene rings is 3. The maximum atomic E-state index is 12.9. The van der Waals surface area contributed by atoms with E-state index in [1.54, 1.807) is 67.9 Å². The standard InChI is InChI=1S/C26H21N3O5/c1-31-20-7-2-3-8-22(20)34-24-11-12-27-25(29-24)17-5-4-6-18(15-17)26(30)28-19-9-10-21-23(16-19)33-14-13-32-21/h2-12,15-16H,13-14H2,1H3,(H,28,30). The lowest BCUT2D eigenvalue weighted by Gasteiger charge is -2.19. The Labute approximate surface area is 196 Å². The molecule has 8 heteroatoms. The fourth-order valence-electron chi connectivity index (χ4n) is 3.48. The van der Waals surface area contributed by atoms with Gasteiger partial charge < -0.3 is 24.3 Å². The van der Waals surface area contributed by atoms with Gasteiger partial charge in [0, 0.05) is 35.1 Å². The zero-order chi connectivity index (χ0) is 23.3. The lowest BCUT2D eigenvalue weighted by atomic mass is 10.1. The highest BCUT2D eigenvalue weighted by Gasteiger charge is 2.15. The van der Waals surface area contributed by atoms with Crippen molar-refractivity contribution in [3.05, 3.63) is 84.6 Å². The summed E-state index contributed by atoms with van der Waals surface area (Å²) in [5.74, 6) is 2.95. The highest BCUT2D eigenvalue weighted by Crippen LogP contribution is 2.33. The Kier molecular flexibility index (Phi) is 5.94. The van der Waals surface area contributed by atoms with Crippen LogP contribution in [0.25, 0.3) is 11.4 Å². The number of amides is 1. The highest BCUT2D eigenvalue weighted by molar-refractivity contribution is 6.05. The zero-order valence-electron chi connectivity index (χ0n) is 18.4. The van der Waals surface area contributed by atoms with E-state index in [1.165, 1.54) is 0 Å². The number of anilines is 1. The highest BCUT2D eigenvalue weighted by atomic mass is 16.6. The summed E-state index contributed by atoms with van der Waals surface area (Å²) in [6.45, 7) is 0.991. The number of aromatic nitrogens is 2. The van der Waals surface area contributed by atoms with Crippen molar-refractivity contribution in [2.75, 3.05) is 25.6 Å². The molecule has 0 radical (unpaired) electrons. The Balaban J connectivity index is 1.35. The molecule has 0 unspecified atom stereocenters. The van der Waals surface area contributed by atoms with Crippen LogP contribution in [0.1, 0.15) is 10.4 Å². The van der Waals surface area contributed by atoms with E-state index < -0.39 is 0 Å². The van der Waals surface area contributed by atoms with Crippen molar-refractivity contribution < 1.29 is 23.7 Å². The molecule has 1 N–H and O–H groups in total. The predicted molar refractivity (Wildman–Crippen MR) is 126 cm³/mol. The van der Waals surface area contributed by atoms with Gasteiger partial charge in [-0.2, -0.15) is 4.98 Å². The Morgan fingerprint density at radius 3 is 2.59 bits per heavy atom. The van der Waals surface area contributed by atoms with Crippen molar-refractivity contribution in [2.24, 2.45) is 0 Å². The topological polar surface area (TPSA) is 91.8 Å². The first kappa shape index (κ1) is 21.3. The molecular formula is C26H21N3O5.